The first-order chi connectivity index (χ1) is 6.58. The summed E-state index contributed by atoms with van der Waals surface area (Å²) in [6.45, 7) is 4.05. The third-order valence-electron chi connectivity index (χ3n) is 2.45. The van der Waals surface area contributed by atoms with Crippen LogP contribution in [-0.4, -0.2) is 10.5 Å². The molecular weight excluding hydrogens is 172 g/mol. The van der Waals surface area contributed by atoms with E-state index >= 15 is 0 Å². The molecule has 1 aromatic rings. The molecule has 2 rings (SSSR count). The third-order valence-corrected chi connectivity index (χ3v) is 2.45. The van der Waals surface area contributed by atoms with Gasteiger partial charge >= 0.3 is 0 Å². The lowest BCUT2D eigenvalue weighted by Gasteiger charge is -2.12. The molecule has 1 unspecified atom stereocenters. The Morgan fingerprint density at radius 2 is 2.00 bits per heavy atom. The number of rotatable bonds is 0. The van der Waals surface area contributed by atoms with Crippen LogP contribution in [0.25, 0.3) is 12.2 Å². The summed E-state index contributed by atoms with van der Waals surface area (Å²) in [6.07, 6.45) is 9.84. The second-order valence-electron chi connectivity index (χ2n) is 3.96. The Morgan fingerprint density at radius 1 is 1.29 bits per heavy atom. The second-order valence-corrected chi connectivity index (χ2v) is 3.96. The SMILES string of the molecule is Cc1ccnc2c1C=CC(C)(N)C=C2. The predicted molar refractivity (Wildman–Crippen MR) is 59.6 cm³/mol. The topological polar surface area (TPSA) is 38.9 Å². The van der Waals surface area contributed by atoms with Crippen molar-refractivity contribution in [1.82, 2.24) is 4.98 Å². The number of nitrogens with zero attached hydrogens (tertiary/aromatic N) is 1. The van der Waals surface area contributed by atoms with Crippen LogP contribution in [0.1, 0.15) is 23.7 Å². The van der Waals surface area contributed by atoms with Gasteiger partial charge in [-0.25, -0.2) is 0 Å². The van der Waals surface area contributed by atoms with Gasteiger partial charge < -0.3 is 5.73 Å². The lowest BCUT2D eigenvalue weighted by molar-refractivity contribution is 0.743. The first-order valence-corrected chi connectivity index (χ1v) is 4.71. The highest BCUT2D eigenvalue weighted by molar-refractivity contribution is 5.69. The fourth-order valence-electron chi connectivity index (χ4n) is 1.52. The minimum atomic E-state index is -0.368. The molecule has 0 spiro atoms. The van der Waals surface area contributed by atoms with E-state index in [1.807, 2.05) is 37.4 Å². The molecule has 0 fully saturated rings. The van der Waals surface area contributed by atoms with Crippen LogP contribution in [0.5, 0.6) is 0 Å². The van der Waals surface area contributed by atoms with Gasteiger partial charge in [0.05, 0.1) is 11.2 Å². The summed E-state index contributed by atoms with van der Waals surface area (Å²) in [5.41, 5.74) is 9.03. The molecule has 0 aliphatic heterocycles. The van der Waals surface area contributed by atoms with Gasteiger partial charge in [0.15, 0.2) is 0 Å². The van der Waals surface area contributed by atoms with Gasteiger partial charge in [0, 0.05) is 11.8 Å². The van der Waals surface area contributed by atoms with Crippen LogP contribution in [0, 0.1) is 6.92 Å². The number of nitrogens with two attached hydrogens (primary N) is 1. The number of hydrogen-bond donors (Lipinski definition) is 1. The van der Waals surface area contributed by atoms with Crippen LogP contribution in [-0.2, 0) is 0 Å². The van der Waals surface area contributed by atoms with Crippen molar-refractivity contribution in [2.24, 2.45) is 5.73 Å². The van der Waals surface area contributed by atoms with Gasteiger partial charge in [-0.3, -0.25) is 4.98 Å². The zero-order chi connectivity index (χ0) is 10.2. The molecule has 1 aliphatic carbocycles. The second kappa shape index (κ2) is 3.07. The van der Waals surface area contributed by atoms with Crippen LogP contribution in [0.3, 0.4) is 0 Å². The Hall–Kier alpha value is -1.41. The lowest BCUT2D eigenvalue weighted by atomic mass is 10.0. The summed E-state index contributed by atoms with van der Waals surface area (Å²) in [5.74, 6) is 0. The number of hydrogen-bond acceptors (Lipinski definition) is 2. The standard InChI is InChI=1S/C12H14N2/c1-9-5-8-14-11-4-7-12(2,13)6-3-10(9)11/h3-8H,13H2,1-2H3. The summed E-state index contributed by atoms with van der Waals surface area (Å²) >= 11 is 0. The van der Waals surface area contributed by atoms with Crippen LogP contribution in [0.4, 0.5) is 0 Å². The van der Waals surface area contributed by atoms with Gasteiger partial charge in [-0.1, -0.05) is 18.2 Å². The Bertz CT molecular complexity index is 414. The highest BCUT2D eigenvalue weighted by Crippen LogP contribution is 2.21. The van der Waals surface area contributed by atoms with E-state index in [4.69, 9.17) is 5.73 Å². The quantitative estimate of drug-likeness (QED) is 0.674. The lowest BCUT2D eigenvalue weighted by Crippen LogP contribution is -2.30. The van der Waals surface area contributed by atoms with Gasteiger partial charge in [0.1, 0.15) is 0 Å². The molecular formula is C12H14N2. The van der Waals surface area contributed by atoms with E-state index in [9.17, 15) is 0 Å². The maximum Gasteiger partial charge on any atom is 0.0702 e. The smallest absolute Gasteiger partial charge is 0.0702 e. The number of pyridine rings is 1. The molecule has 0 amide bonds. The Kier molecular flexibility index (Phi) is 2.01. The van der Waals surface area contributed by atoms with Crippen molar-refractivity contribution in [2.45, 2.75) is 19.4 Å². The molecule has 0 radical (unpaired) electrons. The van der Waals surface area contributed by atoms with Gasteiger partial charge in [0.2, 0.25) is 0 Å². The van der Waals surface area contributed by atoms with E-state index in [2.05, 4.69) is 18.0 Å². The number of aryl methyl sites for hydroxylation is 1. The molecule has 1 heterocycles. The summed E-state index contributed by atoms with van der Waals surface area (Å²) in [4.78, 5) is 4.31. The zero-order valence-electron chi connectivity index (χ0n) is 8.49. The molecule has 1 aromatic heterocycles. The molecule has 14 heavy (non-hydrogen) atoms. The van der Waals surface area contributed by atoms with Crippen molar-refractivity contribution in [3.8, 4) is 0 Å². The molecule has 0 aromatic carbocycles. The molecule has 2 nitrogen and oxygen atoms in total. The highest BCUT2D eigenvalue weighted by Gasteiger charge is 2.13. The van der Waals surface area contributed by atoms with Crippen LogP contribution in [0.15, 0.2) is 24.4 Å². The number of aromatic nitrogens is 1. The maximum atomic E-state index is 6.01. The fourth-order valence-corrected chi connectivity index (χ4v) is 1.52. The summed E-state index contributed by atoms with van der Waals surface area (Å²) in [7, 11) is 0. The Morgan fingerprint density at radius 3 is 2.79 bits per heavy atom. The van der Waals surface area contributed by atoms with E-state index in [0.717, 1.165) is 11.3 Å². The summed E-state index contributed by atoms with van der Waals surface area (Å²) < 4.78 is 0. The highest BCUT2D eigenvalue weighted by atomic mass is 14.7. The molecule has 72 valence electrons. The van der Waals surface area contributed by atoms with Crippen LogP contribution in [0.2, 0.25) is 0 Å². The normalized spacial score (nSPS) is 24.5. The van der Waals surface area contributed by atoms with E-state index < -0.39 is 0 Å². The van der Waals surface area contributed by atoms with Gasteiger partial charge in [-0.15, -0.1) is 0 Å². The van der Waals surface area contributed by atoms with Crippen molar-refractivity contribution in [3.63, 3.8) is 0 Å². The predicted octanol–water partition coefficient (Wildman–Crippen LogP) is 2.15. The van der Waals surface area contributed by atoms with Crippen LogP contribution < -0.4 is 5.73 Å². The average Bonchev–Trinajstić information content (AvgIpc) is 2.27. The molecule has 0 saturated carbocycles. The summed E-state index contributed by atoms with van der Waals surface area (Å²) in [6, 6.07) is 2.01. The average molecular weight is 186 g/mol. The third kappa shape index (κ3) is 1.61. The Labute approximate surface area is 84.2 Å². The molecule has 0 bridgehead atoms. The molecule has 1 atom stereocenters. The van der Waals surface area contributed by atoms with E-state index in [-0.39, 0.29) is 5.54 Å². The number of fused-ring (bicyclic) bond motifs is 1. The zero-order valence-corrected chi connectivity index (χ0v) is 8.49. The maximum absolute atomic E-state index is 6.01. The van der Waals surface area contributed by atoms with Crippen molar-refractivity contribution >= 4 is 12.2 Å². The van der Waals surface area contributed by atoms with E-state index in [1.54, 1.807) is 0 Å². The van der Waals surface area contributed by atoms with E-state index in [0.29, 0.717) is 0 Å². The van der Waals surface area contributed by atoms with Gasteiger partial charge in [0.25, 0.3) is 0 Å². The minimum absolute atomic E-state index is 0.368. The largest absolute Gasteiger partial charge is 0.319 e. The molecule has 1 aliphatic rings. The monoisotopic (exact) mass is 186 g/mol. The van der Waals surface area contributed by atoms with E-state index in [1.165, 1.54) is 5.56 Å². The van der Waals surface area contributed by atoms with Gasteiger partial charge in [-0.2, -0.15) is 0 Å². The van der Waals surface area contributed by atoms with Crippen molar-refractivity contribution in [2.75, 3.05) is 0 Å². The first-order valence-electron chi connectivity index (χ1n) is 4.71. The molecule has 2 N–H and O–H groups in total. The van der Waals surface area contributed by atoms with Crippen molar-refractivity contribution < 1.29 is 0 Å². The molecule has 0 saturated heterocycles. The fraction of sp³-hybridized carbons (Fsp3) is 0.250. The van der Waals surface area contributed by atoms with Gasteiger partial charge in [-0.05, 0) is 31.6 Å². The van der Waals surface area contributed by atoms with Crippen molar-refractivity contribution in [3.05, 3.63) is 41.2 Å². The van der Waals surface area contributed by atoms with Crippen LogP contribution >= 0.6 is 0 Å². The molecule has 2 heteroatoms. The summed E-state index contributed by atoms with van der Waals surface area (Å²) in [5, 5.41) is 0. The first kappa shape index (κ1) is 9.16. The Balaban J connectivity index is 2.60. The van der Waals surface area contributed by atoms with Crippen molar-refractivity contribution in [1.29, 1.82) is 0 Å². The minimum Gasteiger partial charge on any atom is -0.319 e.